The predicted octanol–water partition coefficient (Wildman–Crippen LogP) is 3.37. The van der Waals surface area contributed by atoms with Crippen LogP contribution in [-0.2, 0) is 5.54 Å². The van der Waals surface area contributed by atoms with Crippen LogP contribution in [0.2, 0.25) is 0 Å². The zero-order chi connectivity index (χ0) is 24.3. The van der Waals surface area contributed by atoms with Gasteiger partial charge in [-0.2, -0.15) is 0 Å². The number of rotatable bonds is 7. The third-order valence-electron chi connectivity index (χ3n) is 6.23. The second-order valence-electron chi connectivity index (χ2n) is 9.35. The molecule has 1 fully saturated rings. The van der Waals surface area contributed by atoms with Crippen LogP contribution < -0.4 is 19.1 Å². The summed E-state index contributed by atoms with van der Waals surface area (Å²) in [5.41, 5.74) is 1.95. The Morgan fingerprint density at radius 1 is 0.824 bits per heavy atom. The predicted molar refractivity (Wildman–Crippen MR) is 131 cm³/mol. The van der Waals surface area contributed by atoms with Gasteiger partial charge in [0.2, 0.25) is 0 Å². The summed E-state index contributed by atoms with van der Waals surface area (Å²) in [5.74, 6) is 3.17. The van der Waals surface area contributed by atoms with Gasteiger partial charge in [-0.05, 0) is 67.6 Å². The fourth-order valence-electron chi connectivity index (χ4n) is 4.42. The third-order valence-corrected chi connectivity index (χ3v) is 6.23. The maximum atomic E-state index is 5.79. The molecule has 1 saturated heterocycles. The van der Waals surface area contributed by atoms with Gasteiger partial charge in [0.05, 0.1) is 26.9 Å². The number of hydrogen-bond donors (Lipinski definition) is 0. The fraction of sp³-hybridized carbons (Fsp3) is 0.480. The molecule has 0 spiro atoms. The van der Waals surface area contributed by atoms with Gasteiger partial charge in [0, 0.05) is 43.5 Å². The minimum absolute atomic E-state index is 0.159. The van der Waals surface area contributed by atoms with Gasteiger partial charge in [-0.25, -0.2) is 4.68 Å². The largest absolute Gasteiger partial charge is 0.497 e. The molecular weight excluding hydrogens is 432 g/mol. The van der Waals surface area contributed by atoms with Crippen molar-refractivity contribution in [2.45, 2.75) is 32.4 Å². The standard InChI is InChI=1S/C25H34N6O3/c1-25(2,3)31-24(26-27-28-31)23(21-12-11-20(33-5)17-22(21)34-6)30-15-13-29(14-16-30)18-7-9-19(32-4)10-8-18/h7-12,17,23H,13-16H2,1-6H3/t23-/m1/s1. The lowest BCUT2D eigenvalue weighted by atomic mass is 10.00. The SMILES string of the molecule is COc1ccc(N2CCN([C@H](c3ccc(OC)cc3OC)c3nnnn3C(C)(C)C)CC2)cc1. The summed E-state index contributed by atoms with van der Waals surface area (Å²) in [5, 5.41) is 12.9. The summed E-state index contributed by atoms with van der Waals surface area (Å²) in [7, 11) is 5.03. The van der Waals surface area contributed by atoms with E-state index >= 15 is 0 Å². The minimum atomic E-state index is -0.262. The van der Waals surface area contributed by atoms with Crippen LogP contribution in [0.1, 0.15) is 38.2 Å². The first-order chi connectivity index (χ1) is 16.4. The molecule has 4 rings (SSSR count). The van der Waals surface area contributed by atoms with E-state index < -0.39 is 0 Å². The molecule has 1 aliphatic rings. The number of hydrogen-bond acceptors (Lipinski definition) is 8. The Labute approximate surface area is 201 Å². The van der Waals surface area contributed by atoms with Crippen molar-refractivity contribution in [2.24, 2.45) is 0 Å². The molecule has 3 aromatic rings. The normalized spacial score (nSPS) is 15.8. The van der Waals surface area contributed by atoms with Crippen LogP contribution in [0.15, 0.2) is 42.5 Å². The van der Waals surface area contributed by atoms with Crippen LogP contribution in [0.3, 0.4) is 0 Å². The molecule has 0 radical (unpaired) electrons. The maximum Gasteiger partial charge on any atom is 0.173 e. The third kappa shape index (κ3) is 4.79. The molecule has 9 heteroatoms. The second-order valence-corrected chi connectivity index (χ2v) is 9.35. The highest BCUT2D eigenvalue weighted by atomic mass is 16.5. The van der Waals surface area contributed by atoms with Gasteiger partial charge in [-0.1, -0.05) is 0 Å². The molecule has 34 heavy (non-hydrogen) atoms. The monoisotopic (exact) mass is 466 g/mol. The van der Waals surface area contributed by atoms with Gasteiger partial charge in [0.15, 0.2) is 5.82 Å². The highest BCUT2D eigenvalue weighted by Crippen LogP contribution is 2.37. The average Bonchev–Trinajstić information content (AvgIpc) is 3.35. The highest BCUT2D eigenvalue weighted by molar-refractivity contribution is 5.50. The van der Waals surface area contributed by atoms with Gasteiger partial charge < -0.3 is 19.1 Å². The number of aromatic nitrogens is 4. The van der Waals surface area contributed by atoms with Crippen LogP contribution in [-0.4, -0.2) is 72.6 Å². The van der Waals surface area contributed by atoms with Gasteiger partial charge in [-0.3, -0.25) is 4.90 Å². The molecule has 182 valence electrons. The first-order valence-corrected chi connectivity index (χ1v) is 11.5. The second kappa shape index (κ2) is 9.89. The van der Waals surface area contributed by atoms with E-state index in [1.807, 2.05) is 28.9 Å². The van der Waals surface area contributed by atoms with E-state index in [4.69, 9.17) is 14.2 Å². The Balaban J connectivity index is 1.67. The zero-order valence-corrected chi connectivity index (χ0v) is 20.9. The first kappa shape index (κ1) is 23.8. The lowest BCUT2D eigenvalue weighted by Gasteiger charge is -2.40. The molecule has 1 aromatic heterocycles. The highest BCUT2D eigenvalue weighted by Gasteiger charge is 2.35. The molecule has 0 unspecified atom stereocenters. The van der Waals surface area contributed by atoms with Crippen molar-refractivity contribution in [1.82, 2.24) is 25.1 Å². The Bertz CT molecular complexity index is 1080. The van der Waals surface area contributed by atoms with E-state index in [0.29, 0.717) is 0 Å². The number of benzene rings is 2. The van der Waals surface area contributed by atoms with E-state index in [0.717, 1.165) is 54.8 Å². The van der Waals surface area contributed by atoms with E-state index in [-0.39, 0.29) is 11.6 Å². The van der Waals surface area contributed by atoms with Crippen molar-refractivity contribution in [2.75, 3.05) is 52.4 Å². The fourth-order valence-corrected chi connectivity index (χ4v) is 4.42. The Morgan fingerprint density at radius 2 is 1.47 bits per heavy atom. The summed E-state index contributed by atoms with van der Waals surface area (Å²) in [6, 6.07) is 14.0. The Kier molecular flexibility index (Phi) is 6.92. The lowest BCUT2D eigenvalue weighted by molar-refractivity contribution is 0.188. The van der Waals surface area contributed by atoms with Gasteiger partial charge in [0.1, 0.15) is 23.3 Å². The molecule has 1 aliphatic heterocycles. The molecule has 2 aromatic carbocycles. The molecular formula is C25H34N6O3. The van der Waals surface area contributed by atoms with Gasteiger partial charge in [0.25, 0.3) is 0 Å². The quantitative estimate of drug-likeness (QED) is 0.525. The molecule has 0 saturated carbocycles. The maximum absolute atomic E-state index is 5.79. The van der Waals surface area contributed by atoms with Crippen LogP contribution >= 0.6 is 0 Å². The van der Waals surface area contributed by atoms with Crippen LogP contribution in [0, 0.1) is 0 Å². The van der Waals surface area contributed by atoms with Gasteiger partial charge >= 0.3 is 0 Å². The lowest BCUT2D eigenvalue weighted by Crippen LogP contribution is -2.48. The zero-order valence-electron chi connectivity index (χ0n) is 20.9. The average molecular weight is 467 g/mol. The van der Waals surface area contributed by atoms with Crippen LogP contribution in [0.5, 0.6) is 17.2 Å². The molecule has 0 bridgehead atoms. The topological polar surface area (TPSA) is 77.8 Å². The van der Waals surface area contributed by atoms with Gasteiger partial charge in [-0.15, -0.1) is 5.10 Å². The van der Waals surface area contributed by atoms with Crippen molar-refractivity contribution in [3.05, 3.63) is 53.9 Å². The molecule has 1 atom stereocenters. The summed E-state index contributed by atoms with van der Waals surface area (Å²) in [4.78, 5) is 4.82. The number of anilines is 1. The summed E-state index contributed by atoms with van der Waals surface area (Å²) >= 11 is 0. The summed E-state index contributed by atoms with van der Waals surface area (Å²) in [6.07, 6.45) is 0. The molecule has 9 nitrogen and oxygen atoms in total. The number of piperazine rings is 1. The number of tetrazole rings is 1. The number of nitrogens with zero attached hydrogens (tertiary/aromatic N) is 6. The van der Waals surface area contributed by atoms with E-state index in [9.17, 15) is 0 Å². The Hall–Kier alpha value is -3.33. The van der Waals surface area contributed by atoms with Crippen molar-refractivity contribution in [1.29, 1.82) is 0 Å². The van der Waals surface area contributed by atoms with E-state index in [1.165, 1.54) is 5.69 Å². The number of methoxy groups -OCH3 is 3. The van der Waals surface area contributed by atoms with Crippen molar-refractivity contribution in [3.63, 3.8) is 0 Å². The summed E-state index contributed by atoms with van der Waals surface area (Å²) < 4.78 is 18.4. The first-order valence-electron chi connectivity index (χ1n) is 11.5. The molecule has 0 N–H and O–H groups in total. The van der Waals surface area contributed by atoms with Crippen LogP contribution in [0.4, 0.5) is 5.69 Å². The number of ether oxygens (including phenoxy) is 3. The van der Waals surface area contributed by atoms with Crippen molar-refractivity contribution >= 4 is 5.69 Å². The smallest absolute Gasteiger partial charge is 0.173 e. The molecule has 2 heterocycles. The van der Waals surface area contributed by atoms with Crippen molar-refractivity contribution < 1.29 is 14.2 Å². The van der Waals surface area contributed by atoms with Crippen LogP contribution in [0.25, 0.3) is 0 Å². The minimum Gasteiger partial charge on any atom is -0.497 e. The van der Waals surface area contributed by atoms with E-state index in [1.54, 1.807) is 21.3 Å². The van der Waals surface area contributed by atoms with Crippen molar-refractivity contribution in [3.8, 4) is 17.2 Å². The molecule has 0 aliphatic carbocycles. The van der Waals surface area contributed by atoms with E-state index in [2.05, 4.69) is 64.3 Å². The molecule has 0 amide bonds. The summed E-state index contributed by atoms with van der Waals surface area (Å²) in [6.45, 7) is 9.80. The Morgan fingerprint density at radius 3 is 2.06 bits per heavy atom.